The quantitative estimate of drug-likeness (QED) is 0.684. The molecular formula is C14H9F3N4OS. The fourth-order valence-electron chi connectivity index (χ4n) is 2.73. The topological polar surface area (TPSA) is 60.2 Å². The van der Waals surface area contributed by atoms with Gasteiger partial charge in [-0.3, -0.25) is 4.79 Å². The Balaban J connectivity index is 1.79. The first-order valence-corrected chi connectivity index (χ1v) is 7.70. The number of hydrogen-bond donors (Lipinski definition) is 0. The maximum atomic E-state index is 12.7. The Hall–Kier alpha value is -2.29. The summed E-state index contributed by atoms with van der Waals surface area (Å²) in [6.45, 7) is 0. The SMILES string of the molecule is O=C1C[C@H](c2cccs2)Cc2nc3nc(C(F)(F)F)nn3cc21. The van der Waals surface area contributed by atoms with E-state index in [2.05, 4.69) is 15.1 Å². The van der Waals surface area contributed by atoms with Crippen molar-refractivity contribution in [2.75, 3.05) is 0 Å². The van der Waals surface area contributed by atoms with Gasteiger partial charge in [0.25, 0.3) is 11.6 Å². The van der Waals surface area contributed by atoms with Crippen LogP contribution in [0.3, 0.4) is 0 Å². The van der Waals surface area contributed by atoms with Crippen LogP contribution in [0.5, 0.6) is 0 Å². The molecule has 3 heterocycles. The third kappa shape index (κ3) is 2.40. The van der Waals surface area contributed by atoms with Crippen molar-refractivity contribution in [2.45, 2.75) is 24.9 Å². The zero-order valence-electron chi connectivity index (χ0n) is 11.5. The van der Waals surface area contributed by atoms with Crippen molar-refractivity contribution in [1.29, 1.82) is 0 Å². The number of nitrogens with zero attached hydrogens (tertiary/aromatic N) is 4. The van der Waals surface area contributed by atoms with Gasteiger partial charge in [-0.05, 0) is 17.9 Å². The summed E-state index contributed by atoms with van der Waals surface area (Å²) < 4.78 is 39.0. The van der Waals surface area contributed by atoms with Gasteiger partial charge in [0, 0.05) is 23.4 Å². The van der Waals surface area contributed by atoms with E-state index in [1.54, 1.807) is 11.3 Å². The van der Waals surface area contributed by atoms with Gasteiger partial charge in [0.15, 0.2) is 5.78 Å². The second-order valence-corrected chi connectivity index (χ2v) is 6.30. The number of carbonyl (C=O) groups excluding carboxylic acids is 1. The molecule has 0 bridgehead atoms. The lowest BCUT2D eigenvalue weighted by molar-refractivity contribution is -0.144. The standard InChI is InChI=1S/C14H9F3N4OS/c15-14(16,17)12-19-13-18-9-4-7(11-2-1-3-23-11)5-10(22)8(9)6-21(13)20-12/h1-3,6-7H,4-5H2/t7-/m1/s1. The van der Waals surface area contributed by atoms with E-state index in [1.807, 2.05) is 17.5 Å². The Bertz CT molecular complexity index is 901. The van der Waals surface area contributed by atoms with Crippen LogP contribution in [0.15, 0.2) is 23.7 Å². The molecule has 0 saturated carbocycles. The minimum atomic E-state index is -4.64. The largest absolute Gasteiger partial charge is 0.453 e. The first-order valence-electron chi connectivity index (χ1n) is 6.82. The summed E-state index contributed by atoms with van der Waals surface area (Å²) in [6.07, 6.45) is -2.52. The van der Waals surface area contributed by atoms with Gasteiger partial charge < -0.3 is 0 Å². The van der Waals surface area contributed by atoms with Crippen LogP contribution in [-0.2, 0) is 12.6 Å². The second kappa shape index (κ2) is 4.85. The lowest BCUT2D eigenvalue weighted by atomic mass is 9.86. The molecule has 4 rings (SSSR count). The van der Waals surface area contributed by atoms with Crippen LogP contribution in [0.1, 0.15) is 39.1 Å². The molecule has 0 N–H and O–H groups in total. The summed E-state index contributed by atoms with van der Waals surface area (Å²) in [7, 11) is 0. The van der Waals surface area contributed by atoms with Crippen LogP contribution in [0.2, 0.25) is 0 Å². The molecule has 0 unspecified atom stereocenters. The van der Waals surface area contributed by atoms with Gasteiger partial charge in [-0.2, -0.15) is 18.2 Å². The lowest BCUT2D eigenvalue weighted by Gasteiger charge is -2.21. The first-order chi connectivity index (χ1) is 10.9. The molecule has 5 nitrogen and oxygen atoms in total. The lowest BCUT2D eigenvalue weighted by Crippen LogP contribution is -2.20. The Labute approximate surface area is 131 Å². The summed E-state index contributed by atoms with van der Waals surface area (Å²) >= 11 is 1.56. The van der Waals surface area contributed by atoms with Crippen molar-refractivity contribution in [2.24, 2.45) is 0 Å². The van der Waals surface area contributed by atoms with Crippen molar-refractivity contribution in [1.82, 2.24) is 19.6 Å². The molecule has 9 heteroatoms. The normalized spacial score (nSPS) is 18.4. The predicted octanol–water partition coefficient (Wildman–Crippen LogP) is 3.12. The van der Waals surface area contributed by atoms with Crippen LogP contribution in [0.4, 0.5) is 13.2 Å². The van der Waals surface area contributed by atoms with E-state index in [9.17, 15) is 18.0 Å². The number of rotatable bonds is 1. The maximum Gasteiger partial charge on any atom is 0.453 e. The fraction of sp³-hybridized carbons (Fsp3) is 0.286. The maximum absolute atomic E-state index is 12.7. The third-order valence-electron chi connectivity index (χ3n) is 3.78. The van der Waals surface area contributed by atoms with Crippen LogP contribution in [-0.4, -0.2) is 25.4 Å². The molecule has 0 radical (unpaired) electrons. The van der Waals surface area contributed by atoms with Gasteiger partial charge in [0.1, 0.15) is 0 Å². The highest BCUT2D eigenvalue weighted by molar-refractivity contribution is 7.10. The Morgan fingerprint density at radius 1 is 1.26 bits per heavy atom. The molecule has 0 saturated heterocycles. The average Bonchev–Trinajstić information content (AvgIpc) is 3.13. The zero-order chi connectivity index (χ0) is 16.2. The molecule has 0 aromatic carbocycles. The van der Waals surface area contributed by atoms with Crippen LogP contribution in [0.25, 0.3) is 5.78 Å². The highest BCUT2D eigenvalue weighted by Gasteiger charge is 2.37. The molecular weight excluding hydrogens is 329 g/mol. The van der Waals surface area contributed by atoms with Crippen molar-refractivity contribution in [3.63, 3.8) is 0 Å². The van der Waals surface area contributed by atoms with E-state index in [-0.39, 0.29) is 17.5 Å². The number of thiophene rings is 1. The number of ketones is 1. The molecule has 1 aliphatic rings. The monoisotopic (exact) mass is 338 g/mol. The van der Waals surface area contributed by atoms with Crippen molar-refractivity contribution in [3.8, 4) is 0 Å². The summed E-state index contributed by atoms with van der Waals surface area (Å²) in [6, 6.07) is 3.86. The Morgan fingerprint density at radius 2 is 2.09 bits per heavy atom. The highest BCUT2D eigenvalue weighted by atomic mass is 32.1. The summed E-state index contributed by atoms with van der Waals surface area (Å²) in [5, 5.41) is 5.29. The van der Waals surface area contributed by atoms with Gasteiger partial charge >= 0.3 is 6.18 Å². The molecule has 0 fully saturated rings. The van der Waals surface area contributed by atoms with E-state index >= 15 is 0 Å². The Morgan fingerprint density at radius 3 is 2.78 bits per heavy atom. The minimum Gasteiger partial charge on any atom is -0.294 e. The molecule has 23 heavy (non-hydrogen) atoms. The van der Waals surface area contributed by atoms with Crippen molar-refractivity contribution < 1.29 is 18.0 Å². The van der Waals surface area contributed by atoms with E-state index in [0.29, 0.717) is 24.1 Å². The van der Waals surface area contributed by atoms with Gasteiger partial charge in [-0.1, -0.05) is 6.07 Å². The summed E-state index contributed by atoms with van der Waals surface area (Å²) in [5.41, 5.74) is 0.803. The van der Waals surface area contributed by atoms with Crippen LogP contribution in [0, 0.1) is 0 Å². The van der Waals surface area contributed by atoms with Crippen molar-refractivity contribution >= 4 is 22.9 Å². The number of fused-ring (bicyclic) bond motifs is 2. The van der Waals surface area contributed by atoms with E-state index in [4.69, 9.17) is 0 Å². The number of alkyl halides is 3. The predicted molar refractivity (Wildman–Crippen MR) is 75.5 cm³/mol. The molecule has 0 spiro atoms. The third-order valence-corrected chi connectivity index (χ3v) is 4.82. The molecule has 3 aromatic rings. The smallest absolute Gasteiger partial charge is 0.294 e. The van der Waals surface area contributed by atoms with Gasteiger partial charge in [-0.25, -0.2) is 9.50 Å². The number of hydrogen-bond acceptors (Lipinski definition) is 5. The summed E-state index contributed by atoms with van der Waals surface area (Å²) in [5.74, 6) is -1.52. The van der Waals surface area contributed by atoms with Gasteiger partial charge in [0.05, 0.1) is 11.3 Å². The fourth-order valence-corrected chi connectivity index (χ4v) is 3.56. The Kier molecular flexibility index (Phi) is 3.02. The average molecular weight is 338 g/mol. The minimum absolute atomic E-state index is 0.00922. The van der Waals surface area contributed by atoms with Gasteiger partial charge in [-0.15, -0.1) is 16.4 Å². The van der Waals surface area contributed by atoms with Crippen molar-refractivity contribution in [3.05, 3.63) is 45.7 Å². The first kappa shape index (κ1) is 14.3. The number of Topliss-reactive ketones (excluding diaryl/α,β-unsaturated/α-hetero) is 1. The van der Waals surface area contributed by atoms with E-state index in [1.165, 1.54) is 6.20 Å². The number of halogens is 3. The van der Waals surface area contributed by atoms with Gasteiger partial charge in [0.2, 0.25) is 0 Å². The number of aromatic nitrogens is 4. The highest BCUT2D eigenvalue weighted by Crippen LogP contribution is 2.34. The molecule has 0 aliphatic heterocycles. The summed E-state index contributed by atoms with van der Waals surface area (Å²) in [4.78, 5) is 20.9. The molecule has 0 amide bonds. The molecule has 1 aliphatic carbocycles. The molecule has 118 valence electrons. The van der Waals surface area contributed by atoms with Crippen LogP contribution >= 0.6 is 11.3 Å². The number of carbonyl (C=O) groups is 1. The van der Waals surface area contributed by atoms with E-state index in [0.717, 1.165) is 9.39 Å². The van der Waals surface area contributed by atoms with E-state index < -0.39 is 12.0 Å². The van der Waals surface area contributed by atoms with Crippen LogP contribution < -0.4 is 0 Å². The molecule has 3 aromatic heterocycles. The second-order valence-electron chi connectivity index (χ2n) is 5.32. The molecule has 1 atom stereocenters. The zero-order valence-corrected chi connectivity index (χ0v) is 12.4.